The van der Waals surface area contributed by atoms with Gasteiger partial charge >= 0.3 is 0 Å². The number of hydrogen-bond donors (Lipinski definition) is 0. The van der Waals surface area contributed by atoms with Crippen LogP contribution in [0.4, 0.5) is 0 Å². The molecule has 4 heterocycles. The lowest BCUT2D eigenvalue weighted by atomic mass is 10.2. The Kier molecular flexibility index (Phi) is 6.11. The molecule has 180 valence electrons. The molecule has 0 saturated carbocycles. The van der Waals surface area contributed by atoms with E-state index in [2.05, 4.69) is 4.98 Å². The molecular weight excluding hydrogens is 510 g/mol. The van der Waals surface area contributed by atoms with E-state index in [0.29, 0.717) is 23.6 Å². The Morgan fingerprint density at radius 3 is 2.57 bits per heavy atom. The molecule has 2 saturated heterocycles. The molecule has 0 radical (unpaired) electrons. The first-order valence-corrected chi connectivity index (χ1v) is 13.6. The number of thioether (sulfide) groups is 1. The van der Waals surface area contributed by atoms with Gasteiger partial charge in [-0.2, -0.15) is 4.98 Å². The molecule has 0 bridgehead atoms. The molecular formula is C23H19N3O6S3. The standard InChI is InChI=1S/C23H19N3O6S3/c1-31-15-5-7-16(8-6-15)32-20-17(21(27)25-10-3-2-4-19(25)24-20)12-18-22(28)26(23(33)34-18)14-9-11-35(29,30)13-14/h2-8,10,12,14H,9,11,13H2,1H3/b18-12-/t14-/m0/s1. The molecule has 1 aromatic carbocycles. The molecule has 12 heteroatoms. The summed E-state index contributed by atoms with van der Waals surface area (Å²) in [6.45, 7) is 0. The summed E-state index contributed by atoms with van der Waals surface area (Å²) in [6, 6.07) is 11.4. The highest BCUT2D eigenvalue weighted by atomic mass is 32.2. The molecule has 2 aromatic heterocycles. The highest BCUT2D eigenvalue weighted by Gasteiger charge is 2.42. The molecule has 0 spiro atoms. The number of fused-ring (bicyclic) bond motifs is 1. The van der Waals surface area contributed by atoms with Crippen LogP contribution in [0.2, 0.25) is 0 Å². The number of carbonyl (C=O) groups excluding carboxylic acids is 1. The second-order valence-corrected chi connectivity index (χ2v) is 11.9. The van der Waals surface area contributed by atoms with Crippen LogP contribution in [0, 0.1) is 0 Å². The second-order valence-electron chi connectivity index (χ2n) is 7.95. The number of carbonyl (C=O) groups is 1. The van der Waals surface area contributed by atoms with E-state index < -0.39 is 27.3 Å². The van der Waals surface area contributed by atoms with Crippen LogP contribution in [0.1, 0.15) is 12.0 Å². The van der Waals surface area contributed by atoms with Crippen molar-refractivity contribution in [2.75, 3.05) is 18.6 Å². The van der Waals surface area contributed by atoms with Crippen molar-refractivity contribution in [1.82, 2.24) is 14.3 Å². The average molecular weight is 530 g/mol. The van der Waals surface area contributed by atoms with E-state index >= 15 is 0 Å². The molecule has 2 aliphatic heterocycles. The molecule has 2 aliphatic rings. The predicted octanol–water partition coefficient (Wildman–Crippen LogP) is 2.88. The SMILES string of the molecule is COc1ccc(Oc2nc3ccccn3c(=O)c2/C=C2\SC(=S)N([C@H]3CCS(=O)(=O)C3)C2=O)cc1. The van der Waals surface area contributed by atoms with Crippen molar-refractivity contribution in [2.45, 2.75) is 12.5 Å². The summed E-state index contributed by atoms with van der Waals surface area (Å²) in [7, 11) is -1.66. The second kappa shape index (κ2) is 9.10. The van der Waals surface area contributed by atoms with Crippen LogP contribution in [0.15, 0.2) is 58.4 Å². The Morgan fingerprint density at radius 1 is 1.14 bits per heavy atom. The van der Waals surface area contributed by atoms with Crippen molar-refractivity contribution in [3.05, 3.63) is 69.5 Å². The highest BCUT2D eigenvalue weighted by molar-refractivity contribution is 8.26. The first-order valence-electron chi connectivity index (χ1n) is 10.6. The average Bonchev–Trinajstić information content (AvgIpc) is 3.33. The van der Waals surface area contributed by atoms with Crippen molar-refractivity contribution >= 4 is 55.8 Å². The number of aromatic nitrogens is 2. The number of hydrogen-bond acceptors (Lipinski definition) is 9. The van der Waals surface area contributed by atoms with Crippen LogP contribution >= 0.6 is 24.0 Å². The summed E-state index contributed by atoms with van der Waals surface area (Å²) in [6.07, 6.45) is 3.32. The summed E-state index contributed by atoms with van der Waals surface area (Å²) < 4.78 is 36.6. The summed E-state index contributed by atoms with van der Waals surface area (Å²) in [5, 5.41) is 0. The number of rotatable bonds is 5. The monoisotopic (exact) mass is 529 g/mol. The van der Waals surface area contributed by atoms with Crippen molar-refractivity contribution in [2.24, 2.45) is 0 Å². The molecule has 35 heavy (non-hydrogen) atoms. The molecule has 3 aromatic rings. The fourth-order valence-electron chi connectivity index (χ4n) is 3.94. The number of benzene rings is 1. The molecule has 1 amide bonds. The van der Waals surface area contributed by atoms with Crippen molar-refractivity contribution in [3.8, 4) is 17.4 Å². The zero-order chi connectivity index (χ0) is 24.7. The maximum Gasteiger partial charge on any atom is 0.269 e. The number of methoxy groups -OCH3 is 1. The minimum absolute atomic E-state index is 0.0174. The van der Waals surface area contributed by atoms with Crippen molar-refractivity contribution < 1.29 is 22.7 Å². The van der Waals surface area contributed by atoms with E-state index in [1.54, 1.807) is 55.8 Å². The van der Waals surface area contributed by atoms with Crippen LogP contribution < -0.4 is 15.0 Å². The maximum atomic E-state index is 13.4. The van der Waals surface area contributed by atoms with Gasteiger partial charge in [-0.05, 0) is 48.9 Å². The van der Waals surface area contributed by atoms with Gasteiger partial charge in [0, 0.05) is 6.20 Å². The van der Waals surface area contributed by atoms with E-state index in [9.17, 15) is 18.0 Å². The Labute approximate surface area is 210 Å². The third-order valence-electron chi connectivity index (χ3n) is 5.68. The topological polar surface area (TPSA) is 107 Å². The van der Waals surface area contributed by atoms with E-state index in [1.165, 1.54) is 15.4 Å². The van der Waals surface area contributed by atoms with Gasteiger partial charge in [-0.3, -0.25) is 18.9 Å². The van der Waals surface area contributed by atoms with Gasteiger partial charge in [0.25, 0.3) is 11.5 Å². The lowest BCUT2D eigenvalue weighted by molar-refractivity contribution is -0.123. The van der Waals surface area contributed by atoms with Gasteiger partial charge in [0.1, 0.15) is 27.0 Å². The largest absolute Gasteiger partial charge is 0.497 e. The first kappa shape index (κ1) is 23.5. The number of thiocarbonyl (C=S) groups is 1. The minimum Gasteiger partial charge on any atom is -0.497 e. The summed E-state index contributed by atoms with van der Waals surface area (Å²) in [4.78, 5) is 32.6. The molecule has 2 fully saturated rings. The summed E-state index contributed by atoms with van der Waals surface area (Å²) in [5.41, 5.74) is 0.0266. The number of nitrogens with zero attached hydrogens (tertiary/aromatic N) is 3. The van der Waals surface area contributed by atoms with Crippen LogP contribution in [0.3, 0.4) is 0 Å². The normalized spacial score (nSPS) is 20.7. The quantitative estimate of drug-likeness (QED) is 0.364. The lowest BCUT2D eigenvalue weighted by Crippen LogP contribution is -2.39. The Balaban J connectivity index is 1.56. The zero-order valence-corrected chi connectivity index (χ0v) is 20.9. The van der Waals surface area contributed by atoms with Gasteiger partial charge < -0.3 is 9.47 Å². The Bertz CT molecular complexity index is 1550. The molecule has 0 N–H and O–H groups in total. The van der Waals surface area contributed by atoms with Gasteiger partial charge in [0.05, 0.1) is 29.6 Å². The van der Waals surface area contributed by atoms with Gasteiger partial charge in [0.2, 0.25) is 5.88 Å². The van der Waals surface area contributed by atoms with E-state index in [-0.39, 0.29) is 32.2 Å². The molecule has 5 rings (SSSR count). The van der Waals surface area contributed by atoms with Crippen LogP contribution in [0.5, 0.6) is 17.4 Å². The van der Waals surface area contributed by atoms with Crippen LogP contribution in [-0.4, -0.2) is 57.6 Å². The Hall–Kier alpha value is -3.22. The smallest absolute Gasteiger partial charge is 0.269 e. The third-order valence-corrected chi connectivity index (χ3v) is 8.76. The summed E-state index contributed by atoms with van der Waals surface area (Å²) >= 11 is 6.41. The number of amides is 1. The highest BCUT2D eigenvalue weighted by Crippen LogP contribution is 2.37. The fraction of sp³-hybridized carbons (Fsp3) is 0.217. The third kappa shape index (κ3) is 4.56. The van der Waals surface area contributed by atoms with Gasteiger partial charge in [-0.15, -0.1) is 0 Å². The first-order chi connectivity index (χ1) is 16.8. The van der Waals surface area contributed by atoms with E-state index in [4.69, 9.17) is 21.7 Å². The predicted molar refractivity (Wildman–Crippen MR) is 137 cm³/mol. The molecule has 9 nitrogen and oxygen atoms in total. The number of pyridine rings is 1. The summed E-state index contributed by atoms with van der Waals surface area (Å²) in [5.74, 6) is 0.552. The van der Waals surface area contributed by atoms with Gasteiger partial charge in [-0.25, -0.2) is 8.42 Å². The van der Waals surface area contributed by atoms with Gasteiger partial charge in [0.15, 0.2) is 9.84 Å². The Morgan fingerprint density at radius 2 is 1.89 bits per heavy atom. The zero-order valence-electron chi connectivity index (χ0n) is 18.4. The molecule has 0 unspecified atom stereocenters. The van der Waals surface area contributed by atoms with Crippen LogP contribution in [0.25, 0.3) is 11.7 Å². The lowest BCUT2D eigenvalue weighted by Gasteiger charge is -2.20. The van der Waals surface area contributed by atoms with Crippen molar-refractivity contribution in [1.29, 1.82) is 0 Å². The molecule has 0 aliphatic carbocycles. The van der Waals surface area contributed by atoms with Crippen LogP contribution in [-0.2, 0) is 14.6 Å². The number of ether oxygens (including phenoxy) is 2. The number of sulfone groups is 1. The van der Waals surface area contributed by atoms with E-state index in [1.807, 2.05) is 0 Å². The van der Waals surface area contributed by atoms with Gasteiger partial charge in [-0.1, -0.05) is 30.0 Å². The maximum absolute atomic E-state index is 13.4. The minimum atomic E-state index is -3.21. The van der Waals surface area contributed by atoms with E-state index in [0.717, 1.165) is 11.8 Å². The fourth-order valence-corrected chi connectivity index (χ4v) is 7.03. The molecule has 1 atom stereocenters. The van der Waals surface area contributed by atoms with Crippen molar-refractivity contribution in [3.63, 3.8) is 0 Å².